The van der Waals surface area contributed by atoms with E-state index in [-0.39, 0.29) is 29.3 Å². The summed E-state index contributed by atoms with van der Waals surface area (Å²) in [5.74, 6) is 0.291. The van der Waals surface area contributed by atoms with Gasteiger partial charge in [0.15, 0.2) is 0 Å². The lowest BCUT2D eigenvalue weighted by Crippen LogP contribution is -2.51. The van der Waals surface area contributed by atoms with Gasteiger partial charge in [0, 0.05) is 13.1 Å². The number of nitrogens with zero attached hydrogens (tertiary/aromatic N) is 1. The third-order valence-corrected chi connectivity index (χ3v) is 3.72. The molecule has 2 unspecified atom stereocenters. The van der Waals surface area contributed by atoms with Gasteiger partial charge in [-0.2, -0.15) is 0 Å². The number of nitrogens with two attached hydrogens (primary N) is 1. The van der Waals surface area contributed by atoms with Crippen LogP contribution in [0, 0.1) is 11.3 Å². The van der Waals surface area contributed by atoms with Crippen LogP contribution in [0.5, 0.6) is 0 Å². The molecule has 0 aromatic carbocycles. The maximum absolute atomic E-state index is 12.1. The number of carbonyl (C=O) groups excluding carboxylic acids is 1. The summed E-state index contributed by atoms with van der Waals surface area (Å²) in [6.45, 7) is 12.6. The van der Waals surface area contributed by atoms with Gasteiger partial charge in [0.25, 0.3) is 0 Å². The second kappa shape index (κ2) is 5.67. The van der Waals surface area contributed by atoms with Crippen molar-refractivity contribution in [3.63, 3.8) is 0 Å². The van der Waals surface area contributed by atoms with Gasteiger partial charge in [0.1, 0.15) is 0 Å². The highest BCUT2D eigenvalue weighted by Gasteiger charge is 2.30. The van der Waals surface area contributed by atoms with Crippen LogP contribution in [0.4, 0.5) is 0 Å². The maximum atomic E-state index is 12.1. The highest BCUT2D eigenvalue weighted by atomic mass is 16.2. The van der Waals surface area contributed by atoms with Crippen LogP contribution in [0.1, 0.15) is 48.0 Å². The predicted molar refractivity (Wildman–Crippen MR) is 69.1 cm³/mol. The summed E-state index contributed by atoms with van der Waals surface area (Å²) in [6, 6.07) is -0.185. The molecule has 0 aromatic rings. The minimum Gasteiger partial charge on any atom is -0.341 e. The number of carbonyl (C=O) groups is 1. The highest BCUT2D eigenvalue weighted by molar-refractivity contribution is 5.82. The summed E-state index contributed by atoms with van der Waals surface area (Å²) in [4.78, 5) is 13.9. The Kier molecular flexibility index (Phi) is 5.47. The van der Waals surface area contributed by atoms with Crippen molar-refractivity contribution in [3.05, 3.63) is 0 Å². The molecule has 2 N–H and O–H groups in total. The molecule has 0 fully saturated rings. The summed E-state index contributed by atoms with van der Waals surface area (Å²) in [5, 5.41) is 0. The zero-order valence-corrected chi connectivity index (χ0v) is 11.9. The zero-order valence-electron chi connectivity index (χ0n) is 11.9. The minimum absolute atomic E-state index is 0.0526. The van der Waals surface area contributed by atoms with Gasteiger partial charge in [-0.25, -0.2) is 0 Å². The molecule has 0 saturated carbocycles. The second-order valence-corrected chi connectivity index (χ2v) is 5.90. The van der Waals surface area contributed by atoms with Crippen LogP contribution in [0.2, 0.25) is 0 Å². The average Bonchev–Trinajstić information content (AvgIpc) is 2.22. The van der Waals surface area contributed by atoms with Gasteiger partial charge in [-0.1, -0.05) is 41.0 Å². The van der Waals surface area contributed by atoms with Crippen LogP contribution < -0.4 is 5.73 Å². The van der Waals surface area contributed by atoms with Gasteiger partial charge >= 0.3 is 0 Å². The lowest BCUT2D eigenvalue weighted by Gasteiger charge is -2.37. The molecule has 0 aliphatic rings. The van der Waals surface area contributed by atoms with Gasteiger partial charge in [-0.15, -0.1) is 0 Å². The van der Waals surface area contributed by atoms with E-state index in [0.29, 0.717) is 0 Å². The van der Waals surface area contributed by atoms with E-state index >= 15 is 0 Å². The monoisotopic (exact) mass is 228 g/mol. The molecule has 96 valence electrons. The molecule has 0 rings (SSSR count). The van der Waals surface area contributed by atoms with E-state index in [1.807, 2.05) is 14.0 Å². The first kappa shape index (κ1) is 15.4. The first-order valence-electron chi connectivity index (χ1n) is 6.15. The number of amides is 1. The molecule has 0 saturated heterocycles. The quantitative estimate of drug-likeness (QED) is 0.802. The largest absolute Gasteiger partial charge is 0.341 e. The van der Waals surface area contributed by atoms with Crippen molar-refractivity contribution < 1.29 is 4.79 Å². The van der Waals surface area contributed by atoms with Crippen molar-refractivity contribution in [3.8, 4) is 0 Å². The topological polar surface area (TPSA) is 46.3 Å². The van der Waals surface area contributed by atoms with Crippen LogP contribution >= 0.6 is 0 Å². The van der Waals surface area contributed by atoms with Crippen LogP contribution in [-0.4, -0.2) is 29.9 Å². The van der Waals surface area contributed by atoms with E-state index in [4.69, 9.17) is 5.73 Å². The summed E-state index contributed by atoms with van der Waals surface area (Å²) in [7, 11) is 1.85. The molecule has 3 atom stereocenters. The Bertz CT molecular complexity index is 233. The Balaban J connectivity index is 4.62. The summed E-state index contributed by atoms with van der Waals surface area (Å²) in [5.41, 5.74) is 6.04. The second-order valence-electron chi connectivity index (χ2n) is 5.90. The number of rotatable bonds is 4. The molecule has 0 aromatic heterocycles. The Hall–Kier alpha value is -0.570. The van der Waals surface area contributed by atoms with Crippen molar-refractivity contribution in [1.82, 2.24) is 4.90 Å². The third-order valence-electron chi connectivity index (χ3n) is 3.72. The molecule has 1 amide bonds. The molecule has 0 heterocycles. The first-order valence-corrected chi connectivity index (χ1v) is 6.15. The normalized spacial score (nSPS) is 17.8. The molecule has 0 aliphatic heterocycles. The van der Waals surface area contributed by atoms with E-state index < -0.39 is 0 Å². The standard InChI is InChI=1S/C13H28N2O/c1-8-9(2)11(14)12(16)15(7)10(3)13(4,5)6/h9-11H,8,14H2,1-7H3/t9?,10?,11-/m0/s1. The first-order chi connectivity index (χ1) is 7.12. The fourth-order valence-electron chi connectivity index (χ4n) is 1.50. The van der Waals surface area contributed by atoms with Crippen LogP contribution in [0.15, 0.2) is 0 Å². The third kappa shape index (κ3) is 3.78. The maximum Gasteiger partial charge on any atom is 0.239 e. The van der Waals surface area contributed by atoms with E-state index in [0.717, 1.165) is 6.42 Å². The van der Waals surface area contributed by atoms with Crippen molar-refractivity contribution >= 4 is 5.91 Å². The van der Waals surface area contributed by atoms with Crippen LogP contribution in [0.25, 0.3) is 0 Å². The average molecular weight is 228 g/mol. The summed E-state index contributed by atoms with van der Waals surface area (Å²) >= 11 is 0. The molecular formula is C13H28N2O. The van der Waals surface area contributed by atoms with Crippen molar-refractivity contribution in [2.24, 2.45) is 17.1 Å². The number of hydrogen-bond donors (Lipinski definition) is 1. The predicted octanol–water partition coefficient (Wildman–Crippen LogP) is 2.25. The van der Waals surface area contributed by atoms with Gasteiger partial charge in [-0.3, -0.25) is 4.79 Å². The van der Waals surface area contributed by atoms with Crippen molar-refractivity contribution in [2.45, 2.75) is 60.0 Å². The van der Waals surface area contributed by atoms with Crippen LogP contribution in [-0.2, 0) is 4.79 Å². The van der Waals surface area contributed by atoms with Gasteiger partial charge in [-0.05, 0) is 18.3 Å². The lowest BCUT2D eigenvalue weighted by molar-refractivity contribution is -0.136. The summed E-state index contributed by atoms with van der Waals surface area (Å²) in [6.07, 6.45) is 0.935. The fraction of sp³-hybridized carbons (Fsp3) is 0.923. The molecular weight excluding hydrogens is 200 g/mol. The van der Waals surface area contributed by atoms with Crippen molar-refractivity contribution in [1.29, 1.82) is 0 Å². The zero-order chi connectivity index (χ0) is 13.1. The molecule has 0 aliphatic carbocycles. The molecule has 3 heteroatoms. The Morgan fingerprint density at radius 1 is 1.31 bits per heavy atom. The van der Waals surface area contributed by atoms with E-state index in [2.05, 4.69) is 34.6 Å². The number of likely N-dealkylation sites (N-methyl/N-ethyl adjacent to an activating group) is 1. The SMILES string of the molecule is CCC(C)[C@H](N)C(=O)N(C)C(C)C(C)(C)C. The van der Waals surface area contributed by atoms with Crippen molar-refractivity contribution in [2.75, 3.05) is 7.05 Å². The van der Waals surface area contributed by atoms with Gasteiger partial charge < -0.3 is 10.6 Å². The lowest BCUT2D eigenvalue weighted by atomic mass is 9.86. The Morgan fingerprint density at radius 3 is 2.06 bits per heavy atom. The highest BCUT2D eigenvalue weighted by Crippen LogP contribution is 2.24. The molecule has 3 nitrogen and oxygen atoms in total. The Labute approximate surface area is 100 Å². The molecule has 0 radical (unpaired) electrons. The van der Waals surface area contributed by atoms with E-state index in [9.17, 15) is 4.79 Å². The van der Waals surface area contributed by atoms with E-state index in [1.54, 1.807) is 4.90 Å². The Morgan fingerprint density at radius 2 is 1.75 bits per heavy atom. The summed E-state index contributed by atoms with van der Waals surface area (Å²) < 4.78 is 0. The molecule has 0 bridgehead atoms. The van der Waals surface area contributed by atoms with Gasteiger partial charge in [0.05, 0.1) is 6.04 Å². The minimum atomic E-state index is -0.375. The fourth-order valence-corrected chi connectivity index (χ4v) is 1.50. The van der Waals surface area contributed by atoms with Gasteiger partial charge in [0.2, 0.25) is 5.91 Å². The van der Waals surface area contributed by atoms with E-state index in [1.165, 1.54) is 0 Å². The molecule has 0 spiro atoms. The number of hydrogen-bond acceptors (Lipinski definition) is 2. The van der Waals surface area contributed by atoms with Crippen LogP contribution in [0.3, 0.4) is 0 Å². The molecule has 16 heavy (non-hydrogen) atoms. The smallest absolute Gasteiger partial charge is 0.239 e.